The van der Waals surface area contributed by atoms with Gasteiger partial charge in [-0.05, 0) is 96.1 Å². The molecule has 0 saturated carbocycles. The molecule has 4 aromatic rings. The van der Waals surface area contributed by atoms with Crippen molar-refractivity contribution in [3.63, 3.8) is 0 Å². The lowest BCUT2D eigenvalue weighted by molar-refractivity contribution is -0.165. The molecule has 6 rings (SSSR count). The number of carbonyl (C=O) groups is 8. The molecule has 0 unspecified atom stereocenters. The number of aliphatic hydroxyl groups excluding tert-OH is 1. The first-order valence-electron chi connectivity index (χ1n) is 29.1. The minimum atomic E-state index is -3.07. The van der Waals surface area contributed by atoms with Crippen LogP contribution in [-0.4, -0.2) is 138 Å². The smallest absolute Gasteiger partial charge is 0.329 e. The first-order chi connectivity index (χ1) is 40.0. The number of fused-ring (bicyclic) bond motifs is 2. The molecule has 18 nitrogen and oxygen atoms in total. The Morgan fingerprint density at radius 1 is 0.810 bits per heavy atom. The molecule has 8 atom stereocenters. The fraction of sp³-hybridized carbons (Fsp3) is 0.469. The Balaban J connectivity index is 1.43. The molecule has 20 heteroatoms. The fourth-order valence-electron chi connectivity index (χ4n) is 10.8. The Labute approximate surface area is 500 Å². The molecule has 2 saturated heterocycles. The second-order valence-corrected chi connectivity index (χ2v) is 28.2. The van der Waals surface area contributed by atoms with Gasteiger partial charge in [-0.15, -0.1) is 0 Å². The summed E-state index contributed by atoms with van der Waals surface area (Å²) >= 11 is 1.45. The number of nitrogens with one attached hydrogen (secondary N) is 5. The Bertz CT molecular complexity index is 2890. The third-order valence-electron chi connectivity index (χ3n) is 15.6. The van der Waals surface area contributed by atoms with Gasteiger partial charge in [-0.2, -0.15) is 11.8 Å². The second kappa shape index (κ2) is 30.5. The highest BCUT2D eigenvalue weighted by Gasteiger charge is 2.52. The number of cyclic esters (lactones) is 1. The predicted octanol–water partition coefficient (Wildman–Crippen LogP) is 5.44. The average Bonchev–Trinajstić information content (AvgIpc) is 1.19. The molecule has 2 aliphatic heterocycles. The SMILES string of the molecule is C/C=C1\NC(=O)[C@@H](NC(=O)[C@H](CCSC)NC(=O)CCCCC)[C@@H](C)OC(=O)[C@H](C(C)C)NC(=O)[C@H](Cc2ccc(O[Si](c3ccccc3)(c3ccccc3)C(C)(C)C)cc2)N(C)C(=O)[C@H](Cc2ccccc2)N2C(=O)[C@H](CC[C@H]2O)NC1=O. The van der Waals surface area contributed by atoms with E-state index in [-0.39, 0.29) is 55.2 Å². The maximum atomic E-state index is 15.5. The van der Waals surface area contributed by atoms with E-state index in [2.05, 4.69) is 71.6 Å². The van der Waals surface area contributed by atoms with Gasteiger partial charge in [-0.3, -0.25) is 33.6 Å². The third-order valence-corrected chi connectivity index (χ3v) is 21.2. The Morgan fingerprint density at radius 2 is 1.39 bits per heavy atom. The van der Waals surface area contributed by atoms with E-state index >= 15 is 9.59 Å². The van der Waals surface area contributed by atoms with Crippen LogP contribution in [-0.2, 0) is 55.9 Å². The quantitative estimate of drug-likeness (QED) is 0.0298. The Kier molecular flexibility index (Phi) is 23.9. The van der Waals surface area contributed by atoms with Crippen LogP contribution in [0.5, 0.6) is 5.75 Å². The number of nitrogens with zero attached hydrogens (tertiary/aromatic N) is 2. The van der Waals surface area contributed by atoms with Crippen LogP contribution in [0.4, 0.5) is 0 Å². The topological polar surface area (TPSA) is 242 Å². The standard InChI is InChI=1S/C64H85N7O11SSi/c1-11-13-17-30-53(72)65-49(37-38-83-10)58(75)69-56-42(5)81-63(80)55(41(3)4)68-59(76)51(39-44-31-33-45(34-32-44)82-84(64(6,7)8,46-26-20-15-21-27-46)47-28-22-16-23-29-47)70(9)62(79)52(40-43-24-18-14-19-25-43)71-54(73)36-35-50(61(71)78)67-57(74)48(12-2)66-60(56)77/h12,14-16,18-29,31-34,41-42,49-52,54-56,73H,11,13,17,30,35-40H2,1-10H3,(H,65,72)(H,66,77)(H,67,74)(H,68,76)(H,69,75)/b48-12-/t42-,49+,50+,51+,52+,54-,55+,56+/m1/s1. The van der Waals surface area contributed by atoms with E-state index < -0.39 is 104 Å². The minimum absolute atomic E-state index is 0.0417. The van der Waals surface area contributed by atoms with Crippen molar-refractivity contribution in [1.82, 2.24) is 36.4 Å². The van der Waals surface area contributed by atoms with Crippen molar-refractivity contribution in [2.45, 2.75) is 167 Å². The number of amides is 7. The zero-order valence-electron chi connectivity index (χ0n) is 50.1. The monoisotopic (exact) mass is 1190 g/mol. The van der Waals surface area contributed by atoms with Crippen LogP contribution in [0.2, 0.25) is 5.04 Å². The lowest BCUT2D eigenvalue weighted by Gasteiger charge is -2.43. The highest BCUT2D eigenvalue weighted by atomic mass is 32.2. The summed E-state index contributed by atoms with van der Waals surface area (Å²) in [4.78, 5) is 119. The third kappa shape index (κ3) is 16.5. The highest BCUT2D eigenvalue weighted by Crippen LogP contribution is 2.38. The van der Waals surface area contributed by atoms with Crippen LogP contribution in [0.1, 0.15) is 111 Å². The molecule has 2 fully saturated rings. The summed E-state index contributed by atoms with van der Waals surface area (Å²) < 4.78 is 13.3. The van der Waals surface area contributed by atoms with Crippen LogP contribution >= 0.6 is 11.8 Å². The zero-order chi connectivity index (χ0) is 61.3. The van der Waals surface area contributed by atoms with Gasteiger partial charge in [0.1, 0.15) is 60.0 Å². The average molecular weight is 1190 g/mol. The number of benzene rings is 4. The maximum absolute atomic E-state index is 15.5. The van der Waals surface area contributed by atoms with Crippen LogP contribution in [0.3, 0.4) is 0 Å². The van der Waals surface area contributed by atoms with Gasteiger partial charge in [0.05, 0.1) is 0 Å². The maximum Gasteiger partial charge on any atom is 0.329 e. The molecule has 7 amide bonds. The number of esters is 1. The van der Waals surface area contributed by atoms with E-state index in [1.54, 1.807) is 44.2 Å². The van der Waals surface area contributed by atoms with Gasteiger partial charge < -0.3 is 50.7 Å². The summed E-state index contributed by atoms with van der Waals surface area (Å²) in [6.07, 6.45) is 2.57. The number of thioether (sulfide) groups is 1. The van der Waals surface area contributed by atoms with Gasteiger partial charge in [0.15, 0.2) is 0 Å². The molecule has 452 valence electrons. The van der Waals surface area contributed by atoms with Crippen molar-refractivity contribution in [3.8, 4) is 5.75 Å². The lowest BCUT2D eigenvalue weighted by Crippen LogP contribution is -2.68. The van der Waals surface area contributed by atoms with Crippen LogP contribution < -0.4 is 41.4 Å². The van der Waals surface area contributed by atoms with Gasteiger partial charge in [0, 0.05) is 26.3 Å². The minimum Gasteiger partial charge on any atom is -0.534 e. The summed E-state index contributed by atoms with van der Waals surface area (Å²) in [5.74, 6) is -5.81. The van der Waals surface area contributed by atoms with Crippen molar-refractivity contribution in [2.75, 3.05) is 19.1 Å². The summed E-state index contributed by atoms with van der Waals surface area (Å²) in [5.41, 5.74) is 0.918. The zero-order valence-corrected chi connectivity index (χ0v) is 52.0. The summed E-state index contributed by atoms with van der Waals surface area (Å²) in [6, 6.07) is 28.3. The van der Waals surface area contributed by atoms with E-state index in [1.807, 2.05) is 73.8 Å². The molecule has 0 radical (unpaired) electrons. The van der Waals surface area contributed by atoms with Crippen molar-refractivity contribution >= 4 is 77.8 Å². The molecular formula is C64H85N7O11SSi. The number of piperidine rings is 1. The van der Waals surface area contributed by atoms with E-state index in [4.69, 9.17) is 9.16 Å². The first-order valence-corrected chi connectivity index (χ1v) is 32.4. The number of hydrogen-bond acceptors (Lipinski definition) is 12. The van der Waals surface area contributed by atoms with Crippen LogP contribution in [0.25, 0.3) is 0 Å². The molecule has 0 aromatic heterocycles. The van der Waals surface area contributed by atoms with E-state index in [0.717, 1.165) is 28.1 Å². The van der Waals surface area contributed by atoms with E-state index in [0.29, 0.717) is 29.1 Å². The van der Waals surface area contributed by atoms with Crippen LogP contribution in [0, 0.1) is 5.92 Å². The van der Waals surface area contributed by atoms with E-state index in [1.165, 1.54) is 43.6 Å². The molecule has 0 aliphatic carbocycles. The van der Waals surface area contributed by atoms with Gasteiger partial charge in [-0.1, -0.05) is 164 Å². The van der Waals surface area contributed by atoms with Crippen molar-refractivity contribution in [1.29, 1.82) is 0 Å². The predicted molar refractivity (Wildman–Crippen MR) is 328 cm³/mol. The molecule has 4 aromatic carbocycles. The Morgan fingerprint density at radius 3 is 1.95 bits per heavy atom. The number of hydrogen-bond donors (Lipinski definition) is 6. The first kappa shape index (κ1) is 65.9. The number of likely N-dealkylation sites (N-methyl/N-ethyl adjacent to an activating group) is 1. The van der Waals surface area contributed by atoms with Crippen molar-refractivity contribution < 1.29 is 52.6 Å². The second-order valence-electron chi connectivity index (χ2n) is 23.0. The number of ether oxygens (including phenoxy) is 1. The molecular weight excluding hydrogens is 1100 g/mol. The Hall–Kier alpha value is -7.29. The molecule has 2 bridgehead atoms. The molecule has 0 spiro atoms. The fourth-order valence-corrected chi connectivity index (χ4v) is 15.7. The number of rotatable bonds is 19. The summed E-state index contributed by atoms with van der Waals surface area (Å²) in [6.45, 7) is 14.7. The van der Waals surface area contributed by atoms with Crippen molar-refractivity contribution in [2.24, 2.45) is 5.92 Å². The number of carbonyl (C=O) groups excluding carboxylic acids is 8. The number of unbranched alkanes of at least 4 members (excludes halogenated alkanes) is 2. The molecule has 84 heavy (non-hydrogen) atoms. The van der Waals surface area contributed by atoms with Gasteiger partial charge in [0.2, 0.25) is 29.5 Å². The molecule has 6 N–H and O–H groups in total. The lowest BCUT2D eigenvalue weighted by atomic mass is 9.95. The van der Waals surface area contributed by atoms with Gasteiger partial charge in [-0.25, -0.2) is 4.79 Å². The molecule has 2 heterocycles. The normalized spacial score (nSPS) is 22.4. The summed E-state index contributed by atoms with van der Waals surface area (Å²) in [7, 11) is -1.64. The van der Waals surface area contributed by atoms with Gasteiger partial charge >= 0.3 is 14.3 Å². The number of aliphatic hydroxyl groups is 1. The summed E-state index contributed by atoms with van der Waals surface area (Å²) in [5, 5.41) is 27.1. The molecule has 2 aliphatic rings. The van der Waals surface area contributed by atoms with Crippen LogP contribution in [0.15, 0.2) is 127 Å². The van der Waals surface area contributed by atoms with Gasteiger partial charge in [0.25, 0.3) is 11.8 Å². The largest absolute Gasteiger partial charge is 0.534 e. The van der Waals surface area contributed by atoms with E-state index in [9.17, 15) is 33.9 Å². The number of allylic oxidation sites excluding steroid dienone is 1. The van der Waals surface area contributed by atoms with Crippen molar-refractivity contribution in [3.05, 3.63) is 138 Å². The highest BCUT2D eigenvalue weighted by molar-refractivity contribution is 7.98.